The van der Waals surface area contributed by atoms with Gasteiger partial charge in [-0.05, 0) is 0 Å². The van der Waals surface area contributed by atoms with Gasteiger partial charge in [0.25, 0.3) is 5.91 Å². The smallest absolute Gasteiger partial charge is 0.363 e. The van der Waals surface area contributed by atoms with Gasteiger partial charge in [-0.1, -0.05) is 0 Å². The molecule has 1 amide bonds. The molecule has 1 heterocycles. The van der Waals surface area contributed by atoms with Crippen LogP contribution in [0.25, 0.3) is 0 Å². The standard InChI is InChI=1S/C7H8N4O5/c1-10-5(7(13)16-2)4(11(14)15)3(9-10)6(8)12/h1-2H3,(H2,8,12). The third-order valence-electron chi connectivity index (χ3n) is 1.82. The predicted octanol–water partition coefficient (Wildman–Crippen LogP) is -0.786. The Morgan fingerprint density at radius 1 is 1.56 bits per heavy atom. The zero-order valence-corrected chi connectivity index (χ0v) is 8.46. The number of hydrogen-bond donors (Lipinski definition) is 1. The molecule has 0 radical (unpaired) electrons. The monoisotopic (exact) mass is 228 g/mol. The lowest BCUT2D eigenvalue weighted by atomic mass is 10.3. The van der Waals surface area contributed by atoms with E-state index in [1.807, 2.05) is 0 Å². The number of aryl methyl sites for hydroxylation is 1. The van der Waals surface area contributed by atoms with Gasteiger partial charge in [-0.2, -0.15) is 5.10 Å². The third-order valence-corrected chi connectivity index (χ3v) is 1.82. The Kier molecular flexibility index (Phi) is 2.88. The summed E-state index contributed by atoms with van der Waals surface area (Å²) in [6, 6.07) is 0. The van der Waals surface area contributed by atoms with E-state index in [0.717, 1.165) is 11.8 Å². The number of carbonyl (C=O) groups excluding carboxylic acids is 2. The Hall–Kier alpha value is -2.45. The van der Waals surface area contributed by atoms with Gasteiger partial charge in [0.05, 0.1) is 12.0 Å². The number of hydrogen-bond acceptors (Lipinski definition) is 6. The molecule has 0 saturated carbocycles. The van der Waals surface area contributed by atoms with E-state index in [4.69, 9.17) is 5.73 Å². The van der Waals surface area contributed by atoms with E-state index in [9.17, 15) is 19.7 Å². The van der Waals surface area contributed by atoms with Crippen LogP contribution in [-0.2, 0) is 11.8 Å². The molecule has 0 bridgehead atoms. The fourth-order valence-electron chi connectivity index (χ4n) is 1.18. The van der Waals surface area contributed by atoms with Crippen LogP contribution in [0, 0.1) is 10.1 Å². The molecular weight excluding hydrogens is 220 g/mol. The molecule has 0 spiro atoms. The van der Waals surface area contributed by atoms with Crippen molar-refractivity contribution in [3.8, 4) is 0 Å². The van der Waals surface area contributed by atoms with Crippen LogP contribution in [0.5, 0.6) is 0 Å². The first-order valence-corrected chi connectivity index (χ1v) is 3.99. The zero-order chi connectivity index (χ0) is 12.5. The van der Waals surface area contributed by atoms with Crippen LogP contribution in [0.15, 0.2) is 0 Å². The molecule has 2 N–H and O–H groups in total. The Labute approximate surface area is 88.9 Å². The number of rotatable bonds is 3. The number of amides is 1. The molecule has 9 nitrogen and oxygen atoms in total. The van der Waals surface area contributed by atoms with Crippen LogP contribution in [-0.4, -0.2) is 33.7 Å². The molecule has 86 valence electrons. The Morgan fingerprint density at radius 2 is 2.12 bits per heavy atom. The van der Waals surface area contributed by atoms with Crippen LogP contribution < -0.4 is 5.73 Å². The van der Waals surface area contributed by atoms with Crippen LogP contribution >= 0.6 is 0 Å². The van der Waals surface area contributed by atoms with Crippen molar-refractivity contribution in [3.63, 3.8) is 0 Å². The van der Waals surface area contributed by atoms with Crippen LogP contribution in [0.2, 0.25) is 0 Å². The number of nitrogens with zero attached hydrogens (tertiary/aromatic N) is 3. The topological polar surface area (TPSA) is 130 Å². The van der Waals surface area contributed by atoms with Crippen molar-refractivity contribution in [2.75, 3.05) is 7.11 Å². The maximum absolute atomic E-state index is 11.3. The maximum Gasteiger partial charge on any atom is 0.363 e. The van der Waals surface area contributed by atoms with E-state index in [-0.39, 0.29) is 0 Å². The summed E-state index contributed by atoms with van der Waals surface area (Å²) < 4.78 is 5.22. The second kappa shape index (κ2) is 3.96. The molecule has 0 aromatic carbocycles. The van der Waals surface area contributed by atoms with Gasteiger partial charge in [-0.3, -0.25) is 19.6 Å². The number of primary amides is 1. The summed E-state index contributed by atoms with van der Waals surface area (Å²) in [6.07, 6.45) is 0. The van der Waals surface area contributed by atoms with Crippen molar-refractivity contribution < 1.29 is 19.2 Å². The third kappa shape index (κ3) is 1.69. The summed E-state index contributed by atoms with van der Waals surface area (Å²) in [5.41, 5.74) is 3.15. The van der Waals surface area contributed by atoms with Gasteiger partial charge < -0.3 is 10.5 Å². The largest absolute Gasteiger partial charge is 0.464 e. The number of aromatic nitrogens is 2. The van der Waals surface area contributed by atoms with Gasteiger partial charge in [0.15, 0.2) is 0 Å². The molecule has 0 saturated heterocycles. The average Bonchev–Trinajstić information content (AvgIpc) is 2.55. The molecule has 1 aromatic rings. The number of nitrogens with two attached hydrogens (primary N) is 1. The summed E-state index contributed by atoms with van der Waals surface area (Å²) in [6.45, 7) is 0. The predicted molar refractivity (Wildman–Crippen MR) is 49.7 cm³/mol. The summed E-state index contributed by atoms with van der Waals surface area (Å²) in [4.78, 5) is 32.0. The van der Waals surface area contributed by atoms with Crippen LogP contribution in [0.1, 0.15) is 21.0 Å². The van der Waals surface area contributed by atoms with E-state index >= 15 is 0 Å². The summed E-state index contributed by atoms with van der Waals surface area (Å²) in [5.74, 6) is -2.05. The fourth-order valence-corrected chi connectivity index (χ4v) is 1.18. The molecule has 0 atom stereocenters. The molecule has 0 aliphatic heterocycles. The van der Waals surface area contributed by atoms with Crippen molar-refractivity contribution >= 4 is 17.6 Å². The Balaban J connectivity index is 3.54. The van der Waals surface area contributed by atoms with E-state index < -0.39 is 33.9 Å². The Bertz CT molecular complexity index is 477. The van der Waals surface area contributed by atoms with Crippen molar-refractivity contribution in [2.45, 2.75) is 0 Å². The summed E-state index contributed by atoms with van der Waals surface area (Å²) in [7, 11) is 2.33. The van der Waals surface area contributed by atoms with Crippen molar-refractivity contribution in [1.82, 2.24) is 9.78 Å². The highest BCUT2D eigenvalue weighted by Gasteiger charge is 2.34. The zero-order valence-electron chi connectivity index (χ0n) is 8.46. The number of methoxy groups -OCH3 is 1. The van der Waals surface area contributed by atoms with Gasteiger partial charge in [-0.25, -0.2) is 4.79 Å². The van der Waals surface area contributed by atoms with E-state index in [0.29, 0.717) is 0 Å². The van der Waals surface area contributed by atoms with Crippen LogP contribution in [0.4, 0.5) is 5.69 Å². The number of esters is 1. The first kappa shape index (κ1) is 11.6. The van der Waals surface area contributed by atoms with Crippen molar-refractivity contribution in [2.24, 2.45) is 12.8 Å². The first-order valence-electron chi connectivity index (χ1n) is 3.99. The summed E-state index contributed by atoms with van der Waals surface area (Å²) in [5, 5.41) is 14.2. The van der Waals surface area contributed by atoms with Gasteiger partial charge in [0.1, 0.15) is 0 Å². The molecular formula is C7H8N4O5. The second-order valence-corrected chi connectivity index (χ2v) is 2.78. The molecule has 9 heteroatoms. The van der Waals surface area contributed by atoms with Crippen molar-refractivity contribution in [3.05, 3.63) is 21.5 Å². The normalized spacial score (nSPS) is 9.88. The minimum atomic E-state index is -1.09. The maximum atomic E-state index is 11.3. The highest BCUT2D eigenvalue weighted by Crippen LogP contribution is 2.23. The number of nitro groups is 1. The van der Waals surface area contributed by atoms with E-state index in [2.05, 4.69) is 9.84 Å². The van der Waals surface area contributed by atoms with E-state index in [1.54, 1.807) is 0 Å². The highest BCUT2D eigenvalue weighted by molar-refractivity contribution is 6.01. The van der Waals surface area contributed by atoms with E-state index in [1.165, 1.54) is 7.05 Å². The lowest BCUT2D eigenvalue weighted by Crippen LogP contribution is -2.14. The van der Waals surface area contributed by atoms with Gasteiger partial charge in [-0.15, -0.1) is 0 Å². The summed E-state index contributed by atoms with van der Waals surface area (Å²) >= 11 is 0. The first-order chi connectivity index (χ1) is 7.40. The number of carbonyl (C=O) groups is 2. The second-order valence-electron chi connectivity index (χ2n) is 2.78. The molecule has 16 heavy (non-hydrogen) atoms. The number of ether oxygens (including phenoxy) is 1. The van der Waals surface area contributed by atoms with Crippen molar-refractivity contribution in [1.29, 1.82) is 0 Å². The highest BCUT2D eigenvalue weighted by atomic mass is 16.6. The van der Waals surface area contributed by atoms with Gasteiger partial charge in [0.2, 0.25) is 11.4 Å². The molecule has 0 aliphatic carbocycles. The molecule has 1 rings (SSSR count). The minimum Gasteiger partial charge on any atom is -0.464 e. The average molecular weight is 228 g/mol. The molecule has 1 aromatic heterocycles. The van der Waals surface area contributed by atoms with Gasteiger partial charge >= 0.3 is 11.7 Å². The molecule has 0 aliphatic rings. The Morgan fingerprint density at radius 3 is 2.50 bits per heavy atom. The quantitative estimate of drug-likeness (QED) is 0.410. The van der Waals surface area contributed by atoms with Crippen LogP contribution in [0.3, 0.4) is 0 Å². The lowest BCUT2D eigenvalue weighted by Gasteiger charge is -1.97. The fraction of sp³-hybridized carbons (Fsp3) is 0.286. The molecule has 0 fully saturated rings. The SMILES string of the molecule is COC(=O)c1c([N+](=O)[O-])c(C(N)=O)nn1C. The molecule has 0 unspecified atom stereocenters. The minimum absolute atomic E-state index is 0.429. The lowest BCUT2D eigenvalue weighted by molar-refractivity contribution is -0.385. The van der Waals surface area contributed by atoms with Gasteiger partial charge in [0, 0.05) is 7.05 Å².